The molecule has 0 aromatic carbocycles. The highest BCUT2D eigenvalue weighted by atomic mass is 35.5. The van der Waals surface area contributed by atoms with Gasteiger partial charge in [-0.25, -0.2) is 0 Å². The van der Waals surface area contributed by atoms with Crippen LogP contribution in [0.15, 0.2) is 0 Å². The molecule has 16 heavy (non-hydrogen) atoms. The van der Waals surface area contributed by atoms with Gasteiger partial charge in [0.15, 0.2) is 0 Å². The third kappa shape index (κ3) is 1.74. The Hall–Kier alpha value is -0.280. The quantitative estimate of drug-likeness (QED) is 0.718. The lowest BCUT2D eigenvalue weighted by Gasteiger charge is -2.58. The molecular formula is C12H20ClNO2. The highest BCUT2D eigenvalue weighted by Gasteiger charge is 2.56. The molecule has 3 nitrogen and oxygen atoms in total. The van der Waals surface area contributed by atoms with Gasteiger partial charge in [0.05, 0.1) is 0 Å². The van der Waals surface area contributed by atoms with Crippen molar-refractivity contribution in [2.45, 2.75) is 50.7 Å². The molecule has 4 aliphatic carbocycles. The van der Waals surface area contributed by atoms with Crippen molar-refractivity contribution in [1.29, 1.82) is 0 Å². The van der Waals surface area contributed by atoms with Crippen LogP contribution in [0, 0.1) is 17.8 Å². The Labute approximate surface area is 103 Å². The predicted octanol–water partition coefficient (Wildman–Crippen LogP) is 1.88. The van der Waals surface area contributed by atoms with Crippen LogP contribution in [0.5, 0.6) is 0 Å². The second kappa shape index (κ2) is 3.88. The van der Waals surface area contributed by atoms with Crippen molar-refractivity contribution in [2.75, 3.05) is 0 Å². The average molecular weight is 246 g/mol. The van der Waals surface area contributed by atoms with Crippen molar-refractivity contribution in [2.24, 2.45) is 23.5 Å². The van der Waals surface area contributed by atoms with Crippen LogP contribution < -0.4 is 5.73 Å². The summed E-state index contributed by atoms with van der Waals surface area (Å²) in [5.41, 5.74) is 6.09. The summed E-state index contributed by atoms with van der Waals surface area (Å²) in [6.07, 6.45) is 5.65. The van der Waals surface area contributed by atoms with Gasteiger partial charge in [-0.05, 0) is 49.9 Å². The lowest BCUT2D eigenvalue weighted by molar-refractivity contribution is -0.186. The summed E-state index contributed by atoms with van der Waals surface area (Å²) in [4.78, 5) is 11.2. The second-order valence-corrected chi connectivity index (χ2v) is 5.82. The molecule has 4 heteroatoms. The first-order valence-electron chi connectivity index (χ1n) is 6.03. The maximum absolute atomic E-state index is 11.2. The molecule has 0 aliphatic heterocycles. The maximum Gasteiger partial charge on any atom is 0.303 e. The molecule has 0 amide bonds. The van der Waals surface area contributed by atoms with E-state index in [0.717, 1.165) is 25.2 Å². The topological polar surface area (TPSA) is 52.3 Å². The Morgan fingerprint density at radius 2 is 1.81 bits per heavy atom. The van der Waals surface area contributed by atoms with Crippen molar-refractivity contribution in [3.8, 4) is 0 Å². The number of esters is 1. The van der Waals surface area contributed by atoms with E-state index in [-0.39, 0.29) is 24.0 Å². The zero-order valence-electron chi connectivity index (χ0n) is 9.65. The van der Waals surface area contributed by atoms with E-state index in [4.69, 9.17) is 10.5 Å². The number of halogens is 1. The number of carbonyl (C=O) groups excluding carboxylic acids is 1. The second-order valence-electron chi connectivity index (χ2n) is 5.82. The lowest BCUT2D eigenvalue weighted by atomic mass is 9.52. The third-order valence-corrected chi connectivity index (χ3v) is 4.65. The minimum absolute atomic E-state index is 0. The molecule has 2 N–H and O–H groups in total. The van der Waals surface area contributed by atoms with Gasteiger partial charge in [-0.1, -0.05) is 0 Å². The van der Waals surface area contributed by atoms with Gasteiger partial charge in [0.2, 0.25) is 0 Å². The fourth-order valence-electron chi connectivity index (χ4n) is 4.42. The summed E-state index contributed by atoms with van der Waals surface area (Å²) >= 11 is 0. The molecule has 4 saturated carbocycles. The number of ether oxygens (including phenoxy) is 1. The van der Waals surface area contributed by atoms with Crippen LogP contribution in [-0.4, -0.2) is 17.6 Å². The maximum atomic E-state index is 11.2. The van der Waals surface area contributed by atoms with Gasteiger partial charge in [0, 0.05) is 13.0 Å². The van der Waals surface area contributed by atoms with Crippen LogP contribution in [0.4, 0.5) is 0 Å². The summed E-state index contributed by atoms with van der Waals surface area (Å²) in [7, 11) is 0. The molecule has 4 rings (SSSR count). The van der Waals surface area contributed by atoms with Gasteiger partial charge < -0.3 is 10.5 Å². The van der Waals surface area contributed by atoms with Crippen molar-refractivity contribution in [3.05, 3.63) is 0 Å². The summed E-state index contributed by atoms with van der Waals surface area (Å²) in [6, 6.07) is 0.366. The smallest absolute Gasteiger partial charge is 0.303 e. The van der Waals surface area contributed by atoms with Crippen LogP contribution >= 0.6 is 12.4 Å². The molecule has 0 aromatic heterocycles. The first kappa shape index (κ1) is 12.2. The minimum atomic E-state index is -0.127. The predicted molar refractivity (Wildman–Crippen MR) is 63.3 cm³/mol. The number of hydrogen-bond acceptors (Lipinski definition) is 3. The van der Waals surface area contributed by atoms with Crippen molar-refractivity contribution in [3.63, 3.8) is 0 Å². The lowest BCUT2D eigenvalue weighted by Crippen LogP contribution is -2.60. The molecule has 92 valence electrons. The van der Waals surface area contributed by atoms with E-state index in [1.807, 2.05) is 0 Å². The third-order valence-electron chi connectivity index (χ3n) is 4.65. The van der Waals surface area contributed by atoms with E-state index in [9.17, 15) is 4.79 Å². The van der Waals surface area contributed by atoms with Gasteiger partial charge in [-0.2, -0.15) is 0 Å². The normalized spacial score (nSPS) is 48.6. The molecule has 0 heterocycles. The van der Waals surface area contributed by atoms with Crippen LogP contribution in [0.1, 0.15) is 39.0 Å². The zero-order chi connectivity index (χ0) is 10.6. The number of hydrogen-bond donors (Lipinski definition) is 1. The van der Waals surface area contributed by atoms with Gasteiger partial charge in [-0.15, -0.1) is 12.4 Å². The molecule has 4 aliphatic rings. The fraction of sp³-hybridized carbons (Fsp3) is 0.917. The SMILES string of the molecule is CC(=O)OC12CC3CC(C1)C(N)C(C3)C2.Cl. The van der Waals surface area contributed by atoms with Gasteiger partial charge in [0.1, 0.15) is 5.60 Å². The summed E-state index contributed by atoms with van der Waals surface area (Å²) in [6.45, 7) is 1.53. The van der Waals surface area contributed by atoms with Crippen molar-refractivity contribution >= 4 is 18.4 Å². The molecule has 0 radical (unpaired) electrons. The Kier molecular flexibility index (Phi) is 2.96. The van der Waals surface area contributed by atoms with E-state index in [1.165, 1.54) is 19.8 Å². The van der Waals surface area contributed by atoms with Crippen LogP contribution in [-0.2, 0) is 9.53 Å². The zero-order valence-corrected chi connectivity index (χ0v) is 10.5. The van der Waals surface area contributed by atoms with E-state index < -0.39 is 0 Å². The van der Waals surface area contributed by atoms with E-state index in [2.05, 4.69) is 0 Å². The average Bonchev–Trinajstić information content (AvgIpc) is 2.10. The molecular weight excluding hydrogens is 226 g/mol. The largest absolute Gasteiger partial charge is 0.459 e. The number of nitrogens with two attached hydrogens (primary N) is 1. The van der Waals surface area contributed by atoms with E-state index >= 15 is 0 Å². The van der Waals surface area contributed by atoms with Crippen LogP contribution in [0.2, 0.25) is 0 Å². The summed E-state index contributed by atoms with van der Waals surface area (Å²) in [5, 5.41) is 0. The molecule has 4 bridgehead atoms. The first-order chi connectivity index (χ1) is 7.08. The van der Waals surface area contributed by atoms with Crippen molar-refractivity contribution < 1.29 is 9.53 Å². The minimum Gasteiger partial charge on any atom is -0.459 e. The summed E-state index contributed by atoms with van der Waals surface area (Å²) < 4.78 is 5.60. The highest BCUT2D eigenvalue weighted by Crippen LogP contribution is 2.56. The fourth-order valence-corrected chi connectivity index (χ4v) is 4.42. The Morgan fingerprint density at radius 3 is 2.31 bits per heavy atom. The molecule has 0 saturated heterocycles. The van der Waals surface area contributed by atoms with Crippen LogP contribution in [0.25, 0.3) is 0 Å². The molecule has 2 unspecified atom stereocenters. The molecule has 0 spiro atoms. The van der Waals surface area contributed by atoms with Crippen molar-refractivity contribution in [1.82, 2.24) is 0 Å². The van der Waals surface area contributed by atoms with Gasteiger partial charge in [0.25, 0.3) is 0 Å². The van der Waals surface area contributed by atoms with E-state index in [0.29, 0.717) is 17.9 Å². The standard InChI is InChI=1S/C12H19NO2.ClH/c1-7(14)15-12-4-8-2-9(5-12)11(13)10(3-8)6-12;/h8-11H,2-6,13H2,1H3;1H. The van der Waals surface area contributed by atoms with Crippen LogP contribution in [0.3, 0.4) is 0 Å². The van der Waals surface area contributed by atoms with E-state index in [1.54, 1.807) is 0 Å². The summed E-state index contributed by atoms with van der Waals surface area (Å²) in [5.74, 6) is 1.86. The van der Waals surface area contributed by atoms with Gasteiger partial charge in [-0.3, -0.25) is 4.79 Å². The monoisotopic (exact) mass is 245 g/mol. The number of carbonyl (C=O) groups is 1. The Balaban J connectivity index is 0.000000963. The molecule has 0 aromatic rings. The number of rotatable bonds is 1. The Bertz CT molecular complexity index is 291. The first-order valence-corrected chi connectivity index (χ1v) is 6.03. The molecule has 2 atom stereocenters. The molecule has 4 fully saturated rings. The highest BCUT2D eigenvalue weighted by molar-refractivity contribution is 5.85. The van der Waals surface area contributed by atoms with Gasteiger partial charge >= 0.3 is 5.97 Å². The Morgan fingerprint density at radius 1 is 1.25 bits per heavy atom.